The van der Waals surface area contributed by atoms with Gasteiger partial charge in [0.2, 0.25) is 5.91 Å². The molecule has 0 atom stereocenters. The lowest BCUT2D eigenvalue weighted by Gasteiger charge is -2.27. The van der Waals surface area contributed by atoms with Gasteiger partial charge in [-0.25, -0.2) is 4.39 Å². The van der Waals surface area contributed by atoms with Crippen molar-refractivity contribution in [2.75, 3.05) is 19.6 Å². The molecule has 0 radical (unpaired) electrons. The Morgan fingerprint density at radius 3 is 2.44 bits per heavy atom. The van der Waals surface area contributed by atoms with Crippen LogP contribution in [0.25, 0.3) is 0 Å². The van der Waals surface area contributed by atoms with E-state index in [0.29, 0.717) is 31.1 Å². The molecule has 1 amide bonds. The second-order valence-electron chi connectivity index (χ2n) is 8.77. The molecule has 4 rings (SSSR count). The highest BCUT2D eigenvalue weighted by Crippen LogP contribution is 2.30. The van der Waals surface area contributed by atoms with Gasteiger partial charge >= 0.3 is 0 Å². The van der Waals surface area contributed by atoms with Gasteiger partial charge in [0, 0.05) is 25.2 Å². The summed E-state index contributed by atoms with van der Waals surface area (Å²) in [4.78, 5) is 17.4. The van der Waals surface area contributed by atoms with Crippen molar-refractivity contribution in [1.29, 1.82) is 0 Å². The largest absolute Gasteiger partial charge is 0.464 e. The maximum absolute atomic E-state index is 14.3. The van der Waals surface area contributed by atoms with Crippen LogP contribution in [0, 0.1) is 18.7 Å². The molecule has 0 N–H and O–H groups in total. The molecule has 168 valence electrons. The molecule has 4 nitrogen and oxygen atoms in total. The number of aryl methyl sites for hydroxylation is 1. The highest BCUT2D eigenvalue weighted by Gasteiger charge is 2.27. The maximum atomic E-state index is 14.3. The molecule has 5 heteroatoms. The molecule has 2 aromatic carbocycles. The van der Waals surface area contributed by atoms with Gasteiger partial charge < -0.3 is 9.32 Å². The quantitative estimate of drug-likeness (QED) is 0.416. The molecule has 1 aromatic heterocycles. The Bertz CT molecular complexity index is 1010. The van der Waals surface area contributed by atoms with Gasteiger partial charge in [0.25, 0.3) is 0 Å². The summed E-state index contributed by atoms with van der Waals surface area (Å²) in [5, 5.41) is 0. The molecule has 0 unspecified atom stereocenters. The van der Waals surface area contributed by atoms with Crippen LogP contribution in [0.15, 0.2) is 71.1 Å². The number of amides is 1. The normalized spacial score (nSPS) is 13.5. The SMILES string of the molecule is Cc1ccc(CN(CCc2ccccc2)C(=O)CN(Cc2ccccc2F)CC2CC2)o1. The molecule has 1 aliphatic carbocycles. The zero-order chi connectivity index (χ0) is 22.3. The number of benzene rings is 2. The second kappa shape index (κ2) is 10.6. The summed E-state index contributed by atoms with van der Waals surface area (Å²) in [6, 6.07) is 20.9. The lowest BCUT2D eigenvalue weighted by Crippen LogP contribution is -2.41. The second-order valence-corrected chi connectivity index (χ2v) is 8.77. The van der Waals surface area contributed by atoms with E-state index < -0.39 is 0 Å². The molecule has 0 aliphatic heterocycles. The number of hydrogen-bond donors (Lipinski definition) is 0. The minimum Gasteiger partial charge on any atom is -0.464 e. The fourth-order valence-corrected chi connectivity index (χ4v) is 3.97. The van der Waals surface area contributed by atoms with E-state index in [2.05, 4.69) is 17.0 Å². The number of furan rings is 1. The molecule has 1 saturated carbocycles. The Morgan fingerprint density at radius 2 is 1.75 bits per heavy atom. The van der Waals surface area contributed by atoms with Gasteiger partial charge in [-0.1, -0.05) is 48.5 Å². The number of nitrogens with zero attached hydrogens (tertiary/aromatic N) is 2. The van der Waals surface area contributed by atoms with Crippen LogP contribution in [0.1, 0.15) is 35.5 Å². The molecule has 3 aromatic rings. The first-order valence-electron chi connectivity index (χ1n) is 11.4. The summed E-state index contributed by atoms with van der Waals surface area (Å²) >= 11 is 0. The molecule has 0 saturated heterocycles. The monoisotopic (exact) mass is 434 g/mol. The summed E-state index contributed by atoms with van der Waals surface area (Å²) < 4.78 is 20.0. The van der Waals surface area contributed by atoms with E-state index in [0.717, 1.165) is 24.5 Å². The van der Waals surface area contributed by atoms with Crippen LogP contribution < -0.4 is 0 Å². The summed E-state index contributed by atoms with van der Waals surface area (Å²) in [5.74, 6) is 2.07. The maximum Gasteiger partial charge on any atom is 0.237 e. The summed E-state index contributed by atoms with van der Waals surface area (Å²) in [6.07, 6.45) is 3.15. The van der Waals surface area contributed by atoms with Crippen LogP contribution in [-0.4, -0.2) is 35.3 Å². The van der Waals surface area contributed by atoms with Gasteiger partial charge in [-0.05, 0) is 55.9 Å². The number of halogens is 1. The van der Waals surface area contributed by atoms with E-state index in [1.54, 1.807) is 12.1 Å². The van der Waals surface area contributed by atoms with Crippen LogP contribution in [0.4, 0.5) is 4.39 Å². The number of rotatable bonds is 11. The molecule has 32 heavy (non-hydrogen) atoms. The van der Waals surface area contributed by atoms with Crippen molar-refractivity contribution in [3.63, 3.8) is 0 Å². The van der Waals surface area contributed by atoms with E-state index in [1.165, 1.54) is 24.5 Å². The molecular formula is C27H31FN2O2. The van der Waals surface area contributed by atoms with Crippen molar-refractivity contribution in [2.24, 2.45) is 5.92 Å². The highest BCUT2D eigenvalue weighted by molar-refractivity contribution is 5.78. The molecule has 1 fully saturated rings. The molecule has 1 aliphatic rings. The van der Waals surface area contributed by atoms with Crippen LogP contribution in [0.2, 0.25) is 0 Å². The average molecular weight is 435 g/mol. The summed E-state index contributed by atoms with van der Waals surface area (Å²) in [6.45, 7) is 4.51. The third kappa shape index (κ3) is 6.54. The van der Waals surface area contributed by atoms with Crippen molar-refractivity contribution in [2.45, 2.75) is 39.3 Å². The summed E-state index contributed by atoms with van der Waals surface area (Å²) in [5.41, 5.74) is 1.83. The first kappa shape index (κ1) is 22.3. The minimum absolute atomic E-state index is 0.0481. The predicted octanol–water partition coefficient (Wildman–Crippen LogP) is 5.21. The van der Waals surface area contributed by atoms with Gasteiger partial charge in [0.1, 0.15) is 17.3 Å². The van der Waals surface area contributed by atoms with E-state index in [4.69, 9.17) is 4.42 Å². The number of carbonyl (C=O) groups excluding carboxylic acids is 1. The van der Waals surface area contributed by atoms with Crippen molar-refractivity contribution < 1.29 is 13.6 Å². The van der Waals surface area contributed by atoms with E-state index >= 15 is 0 Å². The Morgan fingerprint density at radius 1 is 1.00 bits per heavy atom. The zero-order valence-electron chi connectivity index (χ0n) is 18.7. The van der Waals surface area contributed by atoms with Crippen LogP contribution in [-0.2, 0) is 24.3 Å². The zero-order valence-corrected chi connectivity index (χ0v) is 18.7. The number of carbonyl (C=O) groups is 1. The Hall–Kier alpha value is -2.92. The fourth-order valence-electron chi connectivity index (χ4n) is 3.97. The lowest BCUT2D eigenvalue weighted by molar-refractivity contribution is -0.133. The highest BCUT2D eigenvalue weighted by atomic mass is 19.1. The van der Waals surface area contributed by atoms with Crippen molar-refractivity contribution in [3.8, 4) is 0 Å². The van der Waals surface area contributed by atoms with Crippen LogP contribution >= 0.6 is 0 Å². The van der Waals surface area contributed by atoms with Crippen LogP contribution in [0.5, 0.6) is 0 Å². The van der Waals surface area contributed by atoms with Crippen molar-refractivity contribution in [3.05, 3.63) is 95.2 Å². The minimum atomic E-state index is -0.215. The Labute approximate surface area is 189 Å². The third-order valence-corrected chi connectivity index (χ3v) is 5.93. The fraction of sp³-hybridized carbons (Fsp3) is 0.370. The lowest BCUT2D eigenvalue weighted by atomic mass is 10.1. The molecule has 1 heterocycles. The van der Waals surface area contributed by atoms with E-state index in [9.17, 15) is 9.18 Å². The van der Waals surface area contributed by atoms with E-state index in [-0.39, 0.29) is 18.3 Å². The topological polar surface area (TPSA) is 36.7 Å². The standard InChI is InChI=1S/C27H31FN2O2/c1-21-11-14-25(32-21)19-30(16-15-22-7-3-2-4-8-22)27(31)20-29(17-23-12-13-23)18-24-9-5-6-10-26(24)28/h2-11,14,23H,12-13,15-20H2,1H3. The smallest absolute Gasteiger partial charge is 0.237 e. The first-order chi connectivity index (χ1) is 15.6. The van der Waals surface area contributed by atoms with Gasteiger partial charge in [0.05, 0.1) is 13.1 Å². The number of hydrogen-bond acceptors (Lipinski definition) is 3. The van der Waals surface area contributed by atoms with Crippen LogP contribution in [0.3, 0.4) is 0 Å². The summed E-state index contributed by atoms with van der Waals surface area (Å²) in [7, 11) is 0. The molecular weight excluding hydrogens is 403 g/mol. The Kier molecular flexibility index (Phi) is 7.38. The molecule has 0 bridgehead atoms. The first-order valence-corrected chi connectivity index (χ1v) is 11.4. The Balaban J connectivity index is 1.45. The van der Waals surface area contributed by atoms with Gasteiger partial charge in [0.15, 0.2) is 0 Å². The predicted molar refractivity (Wildman–Crippen MR) is 123 cm³/mol. The average Bonchev–Trinajstić information content (AvgIpc) is 3.51. The molecule has 0 spiro atoms. The van der Waals surface area contributed by atoms with E-state index in [1.807, 2.05) is 48.2 Å². The third-order valence-electron chi connectivity index (χ3n) is 5.93. The van der Waals surface area contributed by atoms with Gasteiger partial charge in [-0.2, -0.15) is 0 Å². The van der Waals surface area contributed by atoms with Crippen molar-refractivity contribution >= 4 is 5.91 Å². The van der Waals surface area contributed by atoms with Gasteiger partial charge in [-0.3, -0.25) is 9.69 Å². The van der Waals surface area contributed by atoms with Gasteiger partial charge in [-0.15, -0.1) is 0 Å². The van der Waals surface area contributed by atoms with Crippen molar-refractivity contribution in [1.82, 2.24) is 9.80 Å².